The highest BCUT2D eigenvalue weighted by Crippen LogP contribution is 2.26. The second-order valence-corrected chi connectivity index (χ2v) is 17.3. The van der Waals surface area contributed by atoms with Crippen LogP contribution in [0.1, 0.15) is 165 Å². The van der Waals surface area contributed by atoms with Crippen molar-refractivity contribution >= 4 is 0 Å². The van der Waals surface area contributed by atoms with Crippen molar-refractivity contribution in [1.29, 1.82) is 0 Å². The first kappa shape index (κ1) is 44.1. The summed E-state index contributed by atoms with van der Waals surface area (Å²) in [6, 6.07) is 26.9. The summed E-state index contributed by atoms with van der Waals surface area (Å²) in [6.07, 6.45) is 15.2. The Labute approximate surface area is 303 Å². The maximum absolute atomic E-state index is 5.86. The zero-order valence-corrected chi connectivity index (χ0v) is 34.0. The molecule has 0 amide bonds. The van der Waals surface area contributed by atoms with Crippen LogP contribution < -0.4 is 14.2 Å². The number of aryl methyl sites for hydroxylation is 1. The summed E-state index contributed by atoms with van der Waals surface area (Å²) in [4.78, 5) is 0. The van der Waals surface area contributed by atoms with E-state index < -0.39 is 0 Å². The van der Waals surface area contributed by atoms with Crippen molar-refractivity contribution in [1.82, 2.24) is 0 Å². The van der Waals surface area contributed by atoms with Crippen molar-refractivity contribution in [3.8, 4) is 17.2 Å². The Hall–Kier alpha value is -2.94. The van der Waals surface area contributed by atoms with Crippen LogP contribution >= 0.6 is 0 Å². The number of ether oxygens (including phenoxy) is 3. The van der Waals surface area contributed by atoms with Gasteiger partial charge < -0.3 is 14.2 Å². The summed E-state index contributed by atoms with van der Waals surface area (Å²) in [7, 11) is 0. The van der Waals surface area contributed by atoms with Gasteiger partial charge in [-0.05, 0) is 128 Å². The molecule has 0 N–H and O–H groups in total. The van der Waals surface area contributed by atoms with Crippen LogP contribution in [0.15, 0.2) is 78.9 Å². The lowest BCUT2D eigenvalue weighted by Gasteiger charge is -2.23. The highest BCUT2D eigenvalue weighted by molar-refractivity contribution is 5.31. The van der Waals surface area contributed by atoms with Gasteiger partial charge in [-0.25, -0.2) is 0 Å². The van der Waals surface area contributed by atoms with Crippen LogP contribution in [0.4, 0.5) is 0 Å². The van der Waals surface area contributed by atoms with Crippen molar-refractivity contribution in [2.45, 2.75) is 183 Å². The van der Waals surface area contributed by atoms with E-state index in [-0.39, 0.29) is 22.2 Å². The molecule has 3 rings (SSSR count). The number of benzene rings is 3. The highest BCUT2D eigenvalue weighted by atomic mass is 16.5. The first-order valence-electron chi connectivity index (χ1n) is 19.1. The normalized spacial score (nSPS) is 11.9. The lowest BCUT2D eigenvalue weighted by Crippen LogP contribution is -2.23. The van der Waals surface area contributed by atoms with Gasteiger partial charge in [0.1, 0.15) is 34.1 Å². The van der Waals surface area contributed by atoms with Crippen LogP contribution in [-0.2, 0) is 11.8 Å². The molecular weight excluding hydrogens is 601 g/mol. The Morgan fingerprint density at radius 2 is 0.735 bits per heavy atom. The van der Waals surface area contributed by atoms with Crippen LogP contribution in [-0.4, -0.2) is 16.8 Å². The molecule has 0 radical (unpaired) electrons. The molecule has 3 aromatic rings. The van der Waals surface area contributed by atoms with Gasteiger partial charge in [0.05, 0.1) is 0 Å². The van der Waals surface area contributed by atoms with Crippen molar-refractivity contribution in [3.05, 3.63) is 90.0 Å². The summed E-state index contributed by atoms with van der Waals surface area (Å²) in [5.74, 6) is 2.85. The van der Waals surface area contributed by atoms with Gasteiger partial charge in [0.15, 0.2) is 0 Å². The van der Waals surface area contributed by atoms with Crippen molar-refractivity contribution in [2.24, 2.45) is 0 Å². The summed E-state index contributed by atoms with van der Waals surface area (Å²) in [5, 5.41) is 0. The van der Waals surface area contributed by atoms with E-state index >= 15 is 0 Å². The van der Waals surface area contributed by atoms with Gasteiger partial charge in [0.25, 0.3) is 0 Å². The fraction of sp³-hybridized carbons (Fsp3) is 0.609. The zero-order chi connectivity index (χ0) is 37.0. The molecule has 0 spiro atoms. The molecule has 0 heterocycles. The third-order valence-corrected chi connectivity index (χ3v) is 7.48. The molecule has 0 bridgehead atoms. The van der Waals surface area contributed by atoms with Crippen molar-refractivity contribution in [3.63, 3.8) is 0 Å². The maximum atomic E-state index is 5.86. The minimum atomic E-state index is -0.122. The lowest BCUT2D eigenvalue weighted by atomic mass is 9.87. The van der Waals surface area contributed by atoms with Gasteiger partial charge >= 0.3 is 0 Å². The molecule has 276 valence electrons. The van der Waals surface area contributed by atoms with E-state index in [1.165, 1.54) is 81.8 Å². The average Bonchev–Trinajstić information content (AvgIpc) is 2.97. The van der Waals surface area contributed by atoms with Crippen LogP contribution in [0.25, 0.3) is 0 Å². The van der Waals surface area contributed by atoms with E-state index in [4.69, 9.17) is 14.2 Å². The fourth-order valence-corrected chi connectivity index (χ4v) is 5.11. The zero-order valence-electron chi connectivity index (χ0n) is 34.0. The van der Waals surface area contributed by atoms with E-state index in [9.17, 15) is 0 Å². The Morgan fingerprint density at radius 3 is 1.10 bits per heavy atom. The quantitative estimate of drug-likeness (QED) is 0.159. The standard InChI is InChI=1S/C22H38O.C14H22O.C10H14O/c1-5-6-7-8-9-10-11-12-13-14-15-20-16-18-21(19-17-20)23-22(2,3)4;1-13(2,3)11-7-9-12(10-8-11)15-14(4,5)6;1-10(2,3)11-9-7-5-4-6-8-9/h16-19H,5-15H2,1-4H3;7-10H,1-6H3;4-8H,1-3H3. The summed E-state index contributed by atoms with van der Waals surface area (Å²) >= 11 is 0. The largest absolute Gasteiger partial charge is 0.488 e. The Bertz CT molecular complexity index is 1220. The second-order valence-electron chi connectivity index (χ2n) is 17.3. The number of unbranched alkanes of at least 4 members (excludes halogenated alkanes) is 9. The van der Waals surface area contributed by atoms with Crippen LogP contribution in [0.2, 0.25) is 0 Å². The minimum Gasteiger partial charge on any atom is -0.488 e. The predicted molar refractivity (Wildman–Crippen MR) is 215 cm³/mol. The highest BCUT2D eigenvalue weighted by Gasteiger charge is 2.15. The minimum absolute atomic E-state index is 0.0959. The van der Waals surface area contributed by atoms with Crippen LogP contribution in [0.5, 0.6) is 17.2 Å². The number of hydrogen-bond acceptors (Lipinski definition) is 3. The molecule has 0 aliphatic carbocycles. The topological polar surface area (TPSA) is 27.7 Å². The van der Waals surface area contributed by atoms with Gasteiger partial charge in [-0.1, -0.05) is 128 Å². The van der Waals surface area contributed by atoms with Gasteiger partial charge in [0.2, 0.25) is 0 Å². The first-order valence-corrected chi connectivity index (χ1v) is 19.1. The summed E-state index contributed by atoms with van der Waals surface area (Å²) in [5.41, 5.74) is 2.65. The van der Waals surface area contributed by atoms with Gasteiger partial charge in [-0.3, -0.25) is 0 Å². The monoisotopic (exact) mass is 675 g/mol. The molecular formula is C46H74O3. The van der Waals surface area contributed by atoms with Crippen molar-refractivity contribution in [2.75, 3.05) is 0 Å². The summed E-state index contributed by atoms with van der Waals surface area (Å²) < 4.78 is 17.2. The molecule has 3 aromatic carbocycles. The van der Waals surface area contributed by atoms with Crippen LogP contribution in [0.3, 0.4) is 0 Å². The van der Waals surface area contributed by atoms with E-state index in [2.05, 4.69) is 106 Å². The molecule has 0 atom stereocenters. The number of rotatable bonds is 14. The Kier molecular flexibility index (Phi) is 19.8. The van der Waals surface area contributed by atoms with Gasteiger partial charge in [-0.2, -0.15) is 0 Å². The maximum Gasteiger partial charge on any atom is 0.120 e. The molecule has 0 unspecified atom stereocenters. The molecule has 0 aliphatic rings. The molecule has 0 saturated carbocycles. The molecule has 0 saturated heterocycles. The second kappa shape index (κ2) is 22.0. The van der Waals surface area contributed by atoms with Gasteiger partial charge in [-0.15, -0.1) is 0 Å². The average molecular weight is 675 g/mol. The first-order chi connectivity index (χ1) is 22.8. The summed E-state index contributed by atoms with van der Waals surface area (Å²) in [6.45, 7) is 27.5. The fourth-order valence-electron chi connectivity index (χ4n) is 5.11. The van der Waals surface area contributed by atoms with E-state index in [1.54, 1.807) is 0 Å². The van der Waals surface area contributed by atoms with E-state index in [0.717, 1.165) is 17.2 Å². The Morgan fingerprint density at radius 1 is 0.388 bits per heavy atom. The molecule has 0 aliphatic heterocycles. The third kappa shape index (κ3) is 24.8. The molecule has 0 fully saturated rings. The predicted octanol–water partition coefficient (Wildman–Crippen LogP) is 14.4. The smallest absolute Gasteiger partial charge is 0.120 e. The molecule has 49 heavy (non-hydrogen) atoms. The number of para-hydroxylation sites is 1. The molecule has 0 aromatic heterocycles. The van der Waals surface area contributed by atoms with E-state index in [0.29, 0.717) is 0 Å². The Balaban J connectivity index is 0.000000396. The number of hydrogen-bond donors (Lipinski definition) is 0. The SMILES string of the molecule is CC(C)(C)Oc1ccc(C(C)(C)C)cc1.CC(C)(C)Oc1ccccc1.CCCCCCCCCCCCc1ccc(OC(C)(C)C)cc1. The third-order valence-electron chi connectivity index (χ3n) is 7.48. The molecule has 3 heteroatoms. The van der Waals surface area contributed by atoms with Crippen LogP contribution in [0, 0.1) is 0 Å². The van der Waals surface area contributed by atoms with E-state index in [1.807, 2.05) is 63.2 Å². The van der Waals surface area contributed by atoms with Crippen molar-refractivity contribution < 1.29 is 14.2 Å². The van der Waals surface area contributed by atoms with Gasteiger partial charge in [0, 0.05) is 0 Å². The lowest BCUT2D eigenvalue weighted by molar-refractivity contribution is 0.130. The molecule has 3 nitrogen and oxygen atoms in total.